The van der Waals surface area contributed by atoms with Gasteiger partial charge in [-0.05, 0) is 30.9 Å². The Hall–Kier alpha value is -1.24. The predicted octanol–water partition coefficient (Wildman–Crippen LogP) is 2.78. The van der Waals surface area contributed by atoms with Crippen molar-refractivity contribution in [2.75, 3.05) is 26.2 Å². The van der Waals surface area contributed by atoms with E-state index in [4.69, 9.17) is 0 Å². The molecule has 0 radical (unpaired) electrons. The van der Waals surface area contributed by atoms with Crippen LogP contribution in [0.15, 0.2) is 16.8 Å². The zero-order chi connectivity index (χ0) is 14.8. The van der Waals surface area contributed by atoms with Gasteiger partial charge in [0.1, 0.15) is 0 Å². The number of piperazine rings is 1. The smallest absolute Gasteiger partial charge is 0.264 e. The molecule has 0 spiro atoms. The number of amides is 1. The second-order valence-corrected chi connectivity index (χ2v) is 7.34. The highest BCUT2D eigenvalue weighted by Crippen LogP contribution is 2.19. The minimum Gasteiger partial charge on any atom is -0.335 e. The van der Waals surface area contributed by atoms with Crippen LogP contribution in [-0.2, 0) is 6.54 Å². The Bertz CT molecular complexity index is 626. The van der Waals surface area contributed by atoms with Crippen molar-refractivity contribution in [2.45, 2.75) is 20.4 Å². The second kappa shape index (κ2) is 6.25. The van der Waals surface area contributed by atoms with Crippen molar-refractivity contribution in [1.82, 2.24) is 14.8 Å². The van der Waals surface area contributed by atoms with Gasteiger partial charge in [0.25, 0.3) is 5.91 Å². The first-order chi connectivity index (χ1) is 10.1. The molecular formula is C15H19N3OS2. The van der Waals surface area contributed by atoms with Gasteiger partial charge < -0.3 is 4.90 Å². The third-order valence-corrected chi connectivity index (χ3v) is 5.59. The van der Waals surface area contributed by atoms with E-state index < -0.39 is 0 Å². The molecule has 0 saturated carbocycles. The summed E-state index contributed by atoms with van der Waals surface area (Å²) in [5.74, 6) is 0.187. The number of carbonyl (C=O) groups is 1. The van der Waals surface area contributed by atoms with Gasteiger partial charge in [0.15, 0.2) is 0 Å². The quantitative estimate of drug-likeness (QED) is 0.872. The molecule has 0 aromatic carbocycles. The lowest BCUT2D eigenvalue weighted by molar-refractivity contribution is 0.0631. The zero-order valence-corrected chi connectivity index (χ0v) is 14.0. The van der Waals surface area contributed by atoms with E-state index in [2.05, 4.69) is 15.3 Å². The van der Waals surface area contributed by atoms with Crippen LogP contribution in [0.1, 0.15) is 25.9 Å². The van der Waals surface area contributed by atoms with Crippen LogP contribution in [0.4, 0.5) is 0 Å². The van der Waals surface area contributed by atoms with Gasteiger partial charge >= 0.3 is 0 Å². The average molecular weight is 321 g/mol. The Morgan fingerprint density at radius 2 is 2.00 bits per heavy atom. The summed E-state index contributed by atoms with van der Waals surface area (Å²) >= 11 is 3.24. The van der Waals surface area contributed by atoms with Gasteiger partial charge in [-0.3, -0.25) is 9.69 Å². The van der Waals surface area contributed by atoms with Crippen molar-refractivity contribution >= 4 is 28.6 Å². The maximum absolute atomic E-state index is 12.5. The standard InChI is InChI=1S/C15H19N3OS2/c1-11-3-8-20-14(11)15(19)18-6-4-17(5-7-18)9-13-10-21-12(2)16-13/h3,8,10H,4-7,9H2,1-2H3. The van der Waals surface area contributed by atoms with Crippen molar-refractivity contribution < 1.29 is 4.79 Å². The molecule has 0 bridgehead atoms. The molecule has 1 saturated heterocycles. The van der Waals surface area contributed by atoms with Gasteiger partial charge in [0.05, 0.1) is 15.6 Å². The van der Waals surface area contributed by atoms with Crippen molar-refractivity contribution in [3.8, 4) is 0 Å². The molecule has 2 aromatic heterocycles. The first kappa shape index (κ1) is 14.7. The Morgan fingerprint density at radius 3 is 2.57 bits per heavy atom. The summed E-state index contributed by atoms with van der Waals surface area (Å²) in [5.41, 5.74) is 2.23. The fourth-order valence-corrected chi connectivity index (χ4v) is 4.05. The normalized spacial score (nSPS) is 16.4. The van der Waals surface area contributed by atoms with Gasteiger partial charge in [-0.15, -0.1) is 22.7 Å². The van der Waals surface area contributed by atoms with E-state index >= 15 is 0 Å². The molecular weight excluding hydrogens is 302 g/mol. The Morgan fingerprint density at radius 1 is 1.24 bits per heavy atom. The highest BCUT2D eigenvalue weighted by atomic mass is 32.1. The van der Waals surface area contributed by atoms with Crippen LogP contribution in [0.25, 0.3) is 0 Å². The van der Waals surface area contributed by atoms with Crippen LogP contribution in [0.3, 0.4) is 0 Å². The number of hydrogen-bond donors (Lipinski definition) is 0. The monoisotopic (exact) mass is 321 g/mol. The molecule has 1 aliphatic heterocycles. The molecule has 3 rings (SSSR count). The summed E-state index contributed by atoms with van der Waals surface area (Å²) in [6.07, 6.45) is 0. The summed E-state index contributed by atoms with van der Waals surface area (Å²) in [6, 6.07) is 2.01. The van der Waals surface area contributed by atoms with Crippen LogP contribution < -0.4 is 0 Å². The van der Waals surface area contributed by atoms with Crippen LogP contribution in [0, 0.1) is 13.8 Å². The lowest BCUT2D eigenvalue weighted by atomic mass is 10.2. The summed E-state index contributed by atoms with van der Waals surface area (Å²) in [4.78, 5) is 22.2. The summed E-state index contributed by atoms with van der Waals surface area (Å²) in [7, 11) is 0. The van der Waals surface area contributed by atoms with Crippen molar-refractivity contribution in [3.63, 3.8) is 0 Å². The van der Waals surface area contributed by atoms with E-state index in [9.17, 15) is 4.79 Å². The molecule has 21 heavy (non-hydrogen) atoms. The molecule has 112 valence electrons. The third kappa shape index (κ3) is 3.33. The number of carbonyl (C=O) groups excluding carboxylic acids is 1. The Labute approximate surface area is 133 Å². The van der Waals surface area contributed by atoms with Gasteiger partial charge in [0, 0.05) is 38.1 Å². The summed E-state index contributed by atoms with van der Waals surface area (Å²) in [6.45, 7) is 8.39. The second-order valence-electron chi connectivity index (χ2n) is 5.36. The van der Waals surface area contributed by atoms with E-state index in [0.717, 1.165) is 53.9 Å². The molecule has 1 fully saturated rings. The Kier molecular flexibility index (Phi) is 4.37. The highest BCUT2D eigenvalue weighted by molar-refractivity contribution is 7.12. The molecule has 0 aliphatic carbocycles. The van der Waals surface area contributed by atoms with Gasteiger partial charge in [0.2, 0.25) is 0 Å². The van der Waals surface area contributed by atoms with Crippen LogP contribution in [0.5, 0.6) is 0 Å². The van der Waals surface area contributed by atoms with Crippen LogP contribution >= 0.6 is 22.7 Å². The van der Waals surface area contributed by atoms with Gasteiger partial charge in [-0.2, -0.15) is 0 Å². The topological polar surface area (TPSA) is 36.4 Å². The molecule has 4 nitrogen and oxygen atoms in total. The first-order valence-corrected chi connectivity index (χ1v) is 8.86. The summed E-state index contributed by atoms with van der Waals surface area (Å²) in [5, 5.41) is 5.23. The number of rotatable bonds is 3. The number of thiophene rings is 1. The third-order valence-electron chi connectivity index (χ3n) is 3.77. The zero-order valence-electron chi connectivity index (χ0n) is 12.3. The lowest BCUT2D eigenvalue weighted by Gasteiger charge is -2.34. The minimum atomic E-state index is 0.187. The average Bonchev–Trinajstić information content (AvgIpc) is 3.08. The van der Waals surface area contributed by atoms with Crippen molar-refractivity contribution in [1.29, 1.82) is 0 Å². The lowest BCUT2D eigenvalue weighted by Crippen LogP contribution is -2.48. The summed E-state index contributed by atoms with van der Waals surface area (Å²) < 4.78 is 0. The molecule has 0 unspecified atom stereocenters. The number of aromatic nitrogens is 1. The fraction of sp³-hybridized carbons (Fsp3) is 0.467. The molecule has 0 atom stereocenters. The first-order valence-electron chi connectivity index (χ1n) is 7.10. The van der Waals surface area contributed by atoms with Crippen molar-refractivity contribution in [3.05, 3.63) is 38.0 Å². The van der Waals surface area contributed by atoms with E-state index in [1.165, 1.54) is 0 Å². The van der Waals surface area contributed by atoms with Crippen LogP contribution in [-0.4, -0.2) is 46.9 Å². The molecule has 2 aromatic rings. The molecule has 3 heterocycles. The highest BCUT2D eigenvalue weighted by Gasteiger charge is 2.24. The molecule has 6 heteroatoms. The van der Waals surface area contributed by atoms with E-state index in [1.807, 2.05) is 30.2 Å². The maximum Gasteiger partial charge on any atom is 0.264 e. The molecule has 0 N–H and O–H groups in total. The number of hydrogen-bond acceptors (Lipinski definition) is 5. The largest absolute Gasteiger partial charge is 0.335 e. The number of thiazole rings is 1. The van der Waals surface area contributed by atoms with E-state index in [0.29, 0.717) is 0 Å². The van der Waals surface area contributed by atoms with Gasteiger partial charge in [-0.1, -0.05) is 0 Å². The van der Waals surface area contributed by atoms with E-state index in [-0.39, 0.29) is 5.91 Å². The number of aryl methyl sites for hydroxylation is 2. The van der Waals surface area contributed by atoms with E-state index in [1.54, 1.807) is 22.7 Å². The molecule has 1 amide bonds. The fourth-order valence-electron chi connectivity index (χ4n) is 2.55. The van der Waals surface area contributed by atoms with Crippen LogP contribution in [0.2, 0.25) is 0 Å². The predicted molar refractivity (Wildman–Crippen MR) is 87.1 cm³/mol. The Balaban J connectivity index is 1.55. The van der Waals surface area contributed by atoms with Crippen molar-refractivity contribution in [2.24, 2.45) is 0 Å². The maximum atomic E-state index is 12.5. The minimum absolute atomic E-state index is 0.187. The number of nitrogens with zero attached hydrogens (tertiary/aromatic N) is 3. The molecule has 1 aliphatic rings. The SMILES string of the molecule is Cc1nc(CN2CCN(C(=O)c3sccc3C)CC2)cs1. The van der Waals surface area contributed by atoms with Gasteiger partial charge in [-0.25, -0.2) is 4.98 Å².